The SMILES string of the molecule is Cn1c(C(=O)N2CCN(Cc3ccc4c(c3)OCO4)CC2)cc2cc(Oc3ccc(NC(=O)c4ccc(C(F)(F)F)cc4C(F)(F)F)cn3)ccc21. The molecule has 2 aliphatic rings. The van der Waals surface area contributed by atoms with E-state index in [0.29, 0.717) is 49.8 Å². The molecule has 0 radical (unpaired) electrons. The number of pyridine rings is 1. The van der Waals surface area contributed by atoms with E-state index < -0.39 is 35.0 Å². The maximum Gasteiger partial charge on any atom is 0.417 e. The molecule has 52 heavy (non-hydrogen) atoms. The van der Waals surface area contributed by atoms with Gasteiger partial charge in [-0.25, -0.2) is 4.98 Å². The fraction of sp³-hybridized carbons (Fsp3) is 0.250. The first-order valence-corrected chi connectivity index (χ1v) is 16.0. The van der Waals surface area contributed by atoms with Crippen molar-refractivity contribution in [2.45, 2.75) is 18.9 Å². The van der Waals surface area contributed by atoms with E-state index in [-0.39, 0.29) is 30.3 Å². The fourth-order valence-electron chi connectivity index (χ4n) is 6.15. The Kier molecular flexibility index (Phi) is 8.94. The Morgan fingerprint density at radius 2 is 1.62 bits per heavy atom. The van der Waals surface area contributed by atoms with Gasteiger partial charge >= 0.3 is 12.4 Å². The third-order valence-electron chi connectivity index (χ3n) is 8.85. The van der Waals surface area contributed by atoms with Gasteiger partial charge in [-0.05, 0) is 66.2 Å². The summed E-state index contributed by atoms with van der Waals surface area (Å²) < 4.78 is 98.1. The molecule has 1 fully saturated rings. The highest BCUT2D eigenvalue weighted by molar-refractivity contribution is 6.05. The lowest BCUT2D eigenvalue weighted by Gasteiger charge is -2.34. The molecule has 1 saturated heterocycles. The number of halogens is 6. The number of nitrogens with one attached hydrogen (secondary N) is 1. The zero-order valence-corrected chi connectivity index (χ0v) is 27.3. The predicted octanol–water partition coefficient (Wildman–Crippen LogP) is 7.34. The van der Waals surface area contributed by atoms with E-state index >= 15 is 0 Å². The van der Waals surface area contributed by atoms with E-state index in [9.17, 15) is 35.9 Å². The fourth-order valence-corrected chi connectivity index (χ4v) is 6.15. The molecule has 4 heterocycles. The minimum atomic E-state index is -5.20. The Morgan fingerprint density at radius 1 is 0.846 bits per heavy atom. The maximum absolute atomic E-state index is 13.6. The van der Waals surface area contributed by atoms with Gasteiger partial charge in [-0.15, -0.1) is 0 Å². The Balaban J connectivity index is 0.975. The quantitative estimate of drug-likeness (QED) is 0.176. The average Bonchev–Trinajstić information content (AvgIpc) is 3.71. The first-order chi connectivity index (χ1) is 24.7. The molecule has 2 aliphatic heterocycles. The van der Waals surface area contributed by atoms with Crippen molar-refractivity contribution in [1.29, 1.82) is 0 Å². The largest absolute Gasteiger partial charge is 0.454 e. The second kappa shape index (κ2) is 13.4. The van der Waals surface area contributed by atoms with Gasteiger partial charge in [-0.3, -0.25) is 14.5 Å². The molecule has 1 N–H and O–H groups in total. The number of rotatable bonds is 7. The summed E-state index contributed by atoms with van der Waals surface area (Å²) in [5.74, 6) is 0.592. The van der Waals surface area contributed by atoms with Crippen LogP contribution in [0.25, 0.3) is 10.9 Å². The van der Waals surface area contributed by atoms with Gasteiger partial charge in [-0.2, -0.15) is 26.3 Å². The summed E-state index contributed by atoms with van der Waals surface area (Å²) in [6, 6.07) is 16.4. The number of aromatic nitrogens is 2. The first-order valence-electron chi connectivity index (χ1n) is 16.0. The van der Waals surface area contributed by atoms with Crippen LogP contribution >= 0.6 is 0 Å². The number of anilines is 1. The number of ether oxygens (including phenoxy) is 3. The smallest absolute Gasteiger partial charge is 0.417 e. The van der Waals surface area contributed by atoms with Crippen molar-refractivity contribution in [3.8, 4) is 23.1 Å². The molecular formula is C36H29F6N5O5. The van der Waals surface area contributed by atoms with E-state index in [1.165, 1.54) is 12.1 Å². The van der Waals surface area contributed by atoms with Gasteiger partial charge in [0.15, 0.2) is 11.5 Å². The normalized spacial score (nSPS) is 14.9. The van der Waals surface area contributed by atoms with Crippen LogP contribution in [0.3, 0.4) is 0 Å². The summed E-state index contributed by atoms with van der Waals surface area (Å²) in [6.07, 6.45) is -9.09. The number of alkyl halides is 6. The number of amides is 2. The summed E-state index contributed by atoms with van der Waals surface area (Å²) in [4.78, 5) is 34.4. The number of hydrogen-bond donors (Lipinski definition) is 1. The monoisotopic (exact) mass is 725 g/mol. The predicted molar refractivity (Wildman–Crippen MR) is 175 cm³/mol. The van der Waals surface area contributed by atoms with Gasteiger partial charge in [0.05, 0.1) is 28.6 Å². The molecule has 0 spiro atoms. The molecule has 0 unspecified atom stereocenters. The van der Waals surface area contributed by atoms with Gasteiger partial charge in [0.2, 0.25) is 12.7 Å². The molecule has 2 aromatic heterocycles. The van der Waals surface area contributed by atoms with Crippen LogP contribution in [0.2, 0.25) is 0 Å². The maximum atomic E-state index is 13.6. The van der Waals surface area contributed by atoms with Crippen LogP contribution in [0.4, 0.5) is 32.0 Å². The minimum Gasteiger partial charge on any atom is -0.454 e. The van der Waals surface area contributed by atoms with E-state index in [1.54, 1.807) is 24.3 Å². The lowest BCUT2D eigenvalue weighted by molar-refractivity contribution is -0.143. The lowest BCUT2D eigenvalue weighted by atomic mass is 10.0. The number of fused-ring (bicyclic) bond motifs is 2. The molecule has 7 rings (SSSR count). The summed E-state index contributed by atoms with van der Waals surface area (Å²) >= 11 is 0. The Labute approximate surface area is 292 Å². The molecule has 3 aromatic carbocycles. The van der Waals surface area contributed by atoms with Crippen molar-refractivity contribution in [2.75, 3.05) is 38.3 Å². The molecule has 0 atom stereocenters. The lowest BCUT2D eigenvalue weighted by Crippen LogP contribution is -2.48. The van der Waals surface area contributed by atoms with Gasteiger partial charge in [-0.1, -0.05) is 6.07 Å². The highest BCUT2D eigenvalue weighted by Gasteiger charge is 2.39. The van der Waals surface area contributed by atoms with E-state index in [0.717, 1.165) is 40.7 Å². The highest BCUT2D eigenvalue weighted by Crippen LogP contribution is 2.38. The molecule has 5 aromatic rings. The molecule has 0 aliphatic carbocycles. The minimum absolute atomic E-state index is 0.0131. The number of benzene rings is 3. The number of nitrogens with zero attached hydrogens (tertiary/aromatic N) is 4. The standard InChI is InChI=1S/C36H29F6N5O5/c1-45-28-7-5-25(52-32-9-4-24(18-43-32)44-33(48)26-6-3-23(35(37,38)39)17-27(26)36(40,41)42)15-22(28)16-29(45)34(49)47-12-10-46(11-13-47)19-21-2-8-30-31(14-21)51-20-50-30/h2-9,14-18H,10-13,19-20H2,1H3,(H,44,48). The number of carbonyl (C=O) groups is 2. The van der Waals surface area contributed by atoms with Crippen LogP contribution in [0.1, 0.15) is 37.5 Å². The van der Waals surface area contributed by atoms with Crippen LogP contribution in [0.15, 0.2) is 79.0 Å². The van der Waals surface area contributed by atoms with Gasteiger partial charge < -0.3 is 29.0 Å². The van der Waals surface area contributed by atoms with Crippen molar-refractivity contribution in [3.05, 3.63) is 107 Å². The summed E-state index contributed by atoms with van der Waals surface area (Å²) in [5.41, 5.74) is -1.82. The van der Waals surface area contributed by atoms with Gasteiger partial charge in [0, 0.05) is 56.7 Å². The second-order valence-corrected chi connectivity index (χ2v) is 12.3. The zero-order valence-electron chi connectivity index (χ0n) is 27.3. The summed E-state index contributed by atoms with van der Waals surface area (Å²) in [6.45, 7) is 3.50. The van der Waals surface area contributed by atoms with Crippen molar-refractivity contribution in [3.63, 3.8) is 0 Å². The van der Waals surface area contributed by atoms with E-state index in [4.69, 9.17) is 14.2 Å². The molecule has 0 saturated carbocycles. The number of hydrogen-bond acceptors (Lipinski definition) is 7. The van der Waals surface area contributed by atoms with Crippen molar-refractivity contribution >= 4 is 28.4 Å². The zero-order chi connectivity index (χ0) is 36.8. The van der Waals surface area contributed by atoms with Crippen molar-refractivity contribution in [2.24, 2.45) is 7.05 Å². The number of aryl methyl sites for hydroxylation is 1. The highest BCUT2D eigenvalue weighted by atomic mass is 19.4. The van der Waals surface area contributed by atoms with E-state index in [2.05, 4.69) is 15.2 Å². The van der Waals surface area contributed by atoms with Crippen LogP contribution in [-0.4, -0.2) is 64.1 Å². The molecule has 2 amide bonds. The summed E-state index contributed by atoms with van der Waals surface area (Å²) in [7, 11) is 1.81. The van der Waals surface area contributed by atoms with Gasteiger partial charge in [0.1, 0.15) is 11.4 Å². The van der Waals surface area contributed by atoms with E-state index in [1.807, 2.05) is 34.7 Å². The third-order valence-corrected chi connectivity index (χ3v) is 8.85. The molecule has 0 bridgehead atoms. The average molecular weight is 726 g/mol. The Morgan fingerprint density at radius 3 is 2.33 bits per heavy atom. The first kappa shape index (κ1) is 34.7. The number of carbonyl (C=O) groups excluding carboxylic acids is 2. The third kappa shape index (κ3) is 7.19. The van der Waals surface area contributed by atoms with Crippen molar-refractivity contribution < 1.29 is 50.1 Å². The molecule has 10 nitrogen and oxygen atoms in total. The second-order valence-electron chi connectivity index (χ2n) is 12.3. The summed E-state index contributed by atoms with van der Waals surface area (Å²) in [5, 5.41) is 2.96. The van der Waals surface area contributed by atoms with Crippen LogP contribution in [0.5, 0.6) is 23.1 Å². The van der Waals surface area contributed by atoms with Crippen molar-refractivity contribution in [1.82, 2.24) is 19.4 Å². The molecule has 16 heteroatoms. The Bertz CT molecular complexity index is 2160. The van der Waals surface area contributed by atoms with Crippen LogP contribution in [0, 0.1) is 0 Å². The molecular weight excluding hydrogens is 696 g/mol. The molecule has 270 valence electrons. The van der Waals surface area contributed by atoms with Gasteiger partial charge in [0.25, 0.3) is 11.8 Å². The van der Waals surface area contributed by atoms with Crippen LogP contribution < -0.4 is 19.5 Å². The van der Waals surface area contributed by atoms with Crippen LogP contribution in [-0.2, 0) is 25.9 Å². The Hall–Kier alpha value is -5.77. The topological polar surface area (TPSA) is 98.2 Å². The number of piperazine rings is 1.